The summed E-state index contributed by atoms with van der Waals surface area (Å²) in [4.78, 5) is 0. The maximum atomic E-state index is 10.4. The summed E-state index contributed by atoms with van der Waals surface area (Å²) in [7, 11) is 0. The molecule has 0 aromatic heterocycles. The van der Waals surface area contributed by atoms with Crippen LogP contribution in [0.5, 0.6) is 0 Å². The molecule has 0 aromatic carbocycles. The zero-order valence-corrected chi connectivity index (χ0v) is 9.43. The maximum Gasteiger partial charge on any atom is 0.106 e. The molecule has 1 aliphatic carbocycles. The first-order valence-corrected chi connectivity index (χ1v) is 5.09. The Balaban J connectivity index is 2.98. The van der Waals surface area contributed by atoms with Crippen LogP contribution in [0.25, 0.3) is 0 Å². The first-order chi connectivity index (χ1) is 6.38. The van der Waals surface area contributed by atoms with E-state index in [0.717, 1.165) is 29.6 Å². The third-order valence-electron chi connectivity index (χ3n) is 3.31. The Kier molecular flexibility index (Phi) is 3.01. The summed E-state index contributed by atoms with van der Waals surface area (Å²) in [6.07, 6.45) is 3.84. The van der Waals surface area contributed by atoms with Gasteiger partial charge in [-0.05, 0) is 50.7 Å². The largest absolute Gasteiger partial charge is 0.381 e. The third-order valence-corrected chi connectivity index (χ3v) is 3.31. The van der Waals surface area contributed by atoms with Crippen LogP contribution in [0.1, 0.15) is 33.6 Å². The van der Waals surface area contributed by atoms with E-state index < -0.39 is 5.60 Å². The summed E-state index contributed by atoms with van der Waals surface area (Å²) in [5.74, 6) is 0.389. The standard InChI is InChI=1S/C13H20O/c1-9(2)12-7-6-11(5)13(14,8-12)10(3)4/h6,12,14H,1,3,7-8H2,2,4-5H3/t12-,13?/m1/s1. The number of hydrogen-bond acceptors (Lipinski definition) is 1. The van der Waals surface area contributed by atoms with Crippen LogP contribution in [-0.2, 0) is 0 Å². The Labute approximate surface area is 86.8 Å². The highest BCUT2D eigenvalue weighted by atomic mass is 16.3. The average molecular weight is 192 g/mol. The second kappa shape index (κ2) is 3.74. The monoisotopic (exact) mass is 192 g/mol. The summed E-state index contributed by atoms with van der Waals surface area (Å²) in [5, 5.41) is 10.4. The highest BCUT2D eigenvalue weighted by Crippen LogP contribution is 2.39. The summed E-state index contributed by atoms with van der Waals surface area (Å²) in [6.45, 7) is 13.7. The molecule has 0 spiro atoms. The van der Waals surface area contributed by atoms with Crippen molar-refractivity contribution in [3.63, 3.8) is 0 Å². The minimum atomic E-state index is -0.804. The lowest BCUT2D eigenvalue weighted by atomic mass is 9.73. The Bertz CT molecular complexity index is 298. The average Bonchev–Trinajstić information content (AvgIpc) is 2.09. The van der Waals surface area contributed by atoms with Gasteiger partial charge in [0.05, 0.1) is 0 Å². The quantitative estimate of drug-likeness (QED) is 0.666. The van der Waals surface area contributed by atoms with Gasteiger partial charge in [0.15, 0.2) is 0 Å². The molecule has 0 fully saturated rings. The lowest BCUT2D eigenvalue weighted by Crippen LogP contribution is -2.36. The van der Waals surface area contributed by atoms with Gasteiger partial charge in [0, 0.05) is 0 Å². The van der Waals surface area contributed by atoms with Crippen LogP contribution in [0.15, 0.2) is 36.0 Å². The van der Waals surface area contributed by atoms with Gasteiger partial charge in [-0.25, -0.2) is 0 Å². The molecule has 78 valence electrons. The fourth-order valence-corrected chi connectivity index (χ4v) is 1.98. The van der Waals surface area contributed by atoms with Crippen molar-refractivity contribution in [2.75, 3.05) is 0 Å². The minimum Gasteiger partial charge on any atom is -0.381 e. The second-order valence-corrected chi connectivity index (χ2v) is 4.51. The van der Waals surface area contributed by atoms with Crippen LogP contribution in [0.3, 0.4) is 0 Å². The van der Waals surface area contributed by atoms with E-state index in [1.54, 1.807) is 0 Å². The van der Waals surface area contributed by atoms with E-state index in [2.05, 4.69) is 19.2 Å². The van der Waals surface area contributed by atoms with Crippen molar-refractivity contribution in [2.24, 2.45) is 5.92 Å². The van der Waals surface area contributed by atoms with Crippen molar-refractivity contribution >= 4 is 0 Å². The van der Waals surface area contributed by atoms with Gasteiger partial charge in [0.2, 0.25) is 0 Å². The molecular formula is C13H20O. The van der Waals surface area contributed by atoms with E-state index in [1.807, 2.05) is 20.8 Å². The molecule has 1 unspecified atom stereocenters. The minimum absolute atomic E-state index is 0.389. The third kappa shape index (κ3) is 1.83. The Hall–Kier alpha value is -0.820. The van der Waals surface area contributed by atoms with Gasteiger partial charge in [0.1, 0.15) is 5.60 Å². The van der Waals surface area contributed by atoms with E-state index >= 15 is 0 Å². The Morgan fingerprint density at radius 1 is 1.50 bits per heavy atom. The first-order valence-electron chi connectivity index (χ1n) is 5.09. The molecule has 0 aromatic rings. The van der Waals surface area contributed by atoms with Gasteiger partial charge in [-0.3, -0.25) is 0 Å². The number of hydrogen-bond donors (Lipinski definition) is 1. The zero-order chi connectivity index (χ0) is 10.9. The smallest absolute Gasteiger partial charge is 0.106 e. The van der Waals surface area contributed by atoms with Crippen molar-refractivity contribution < 1.29 is 5.11 Å². The number of rotatable bonds is 2. The summed E-state index contributed by atoms with van der Waals surface area (Å²) in [5.41, 5.74) is 2.20. The molecule has 0 bridgehead atoms. The molecular weight excluding hydrogens is 172 g/mol. The van der Waals surface area contributed by atoms with Gasteiger partial charge in [-0.15, -0.1) is 0 Å². The summed E-state index contributed by atoms with van der Waals surface area (Å²) in [6, 6.07) is 0. The SMILES string of the molecule is C=C(C)[C@@H]1CC=C(C)C(O)(C(=C)C)C1. The summed E-state index contributed by atoms with van der Waals surface area (Å²) >= 11 is 0. The van der Waals surface area contributed by atoms with Gasteiger partial charge in [-0.1, -0.05) is 24.8 Å². The van der Waals surface area contributed by atoms with Gasteiger partial charge in [-0.2, -0.15) is 0 Å². The second-order valence-electron chi connectivity index (χ2n) is 4.51. The van der Waals surface area contributed by atoms with Gasteiger partial charge < -0.3 is 5.11 Å². The predicted octanol–water partition coefficient (Wildman–Crippen LogP) is 3.23. The molecule has 1 heteroatoms. The molecule has 2 atom stereocenters. The highest BCUT2D eigenvalue weighted by molar-refractivity contribution is 5.32. The number of allylic oxidation sites excluding steroid dienone is 2. The van der Waals surface area contributed by atoms with Crippen LogP contribution in [0.4, 0.5) is 0 Å². The van der Waals surface area contributed by atoms with Gasteiger partial charge in [0.25, 0.3) is 0 Å². The molecule has 0 saturated carbocycles. The normalized spacial score (nSPS) is 32.3. The molecule has 14 heavy (non-hydrogen) atoms. The highest BCUT2D eigenvalue weighted by Gasteiger charge is 2.35. The molecule has 1 N–H and O–H groups in total. The lowest BCUT2D eigenvalue weighted by Gasteiger charge is -2.37. The molecule has 0 heterocycles. The van der Waals surface area contributed by atoms with Crippen molar-refractivity contribution in [3.8, 4) is 0 Å². The van der Waals surface area contributed by atoms with Crippen molar-refractivity contribution in [1.82, 2.24) is 0 Å². The molecule has 1 aliphatic rings. The maximum absolute atomic E-state index is 10.4. The van der Waals surface area contributed by atoms with E-state index in [0.29, 0.717) is 5.92 Å². The van der Waals surface area contributed by atoms with Crippen molar-refractivity contribution in [1.29, 1.82) is 0 Å². The first kappa shape index (κ1) is 11.3. The molecule has 0 saturated heterocycles. The van der Waals surface area contributed by atoms with E-state index in [1.165, 1.54) is 0 Å². The van der Waals surface area contributed by atoms with Crippen LogP contribution < -0.4 is 0 Å². The summed E-state index contributed by atoms with van der Waals surface area (Å²) < 4.78 is 0. The lowest BCUT2D eigenvalue weighted by molar-refractivity contribution is 0.0858. The Morgan fingerprint density at radius 2 is 2.07 bits per heavy atom. The van der Waals surface area contributed by atoms with Crippen LogP contribution in [-0.4, -0.2) is 10.7 Å². The number of aliphatic hydroxyl groups is 1. The fourth-order valence-electron chi connectivity index (χ4n) is 1.98. The molecule has 0 radical (unpaired) electrons. The molecule has 1 nitrogen and oxygen atoms in total. The van der Waals surface area contributed by atoms with Gasteiger partial charge >= 0.3 is 0 Å². The van der Waals surface area contributed by atoms with Crippen molar-refractivity contribution in [2.45, 2.75) is 39.2 Å². The topological polar surface area (TPSA) is 20.2 Å². The fraction of sp³-hybridized carbons (Fsp3) is 0.538. The van der Waals surface area contributed by atoms with Crippen LogP contribution in [0, 0.1) is 5.92 Å². The van der Waals surface area contributed by atoms with Crippen LogP contribution in [0.2, 0.25) is 0 Å². The van der Waals surface area contributed by atoms with Crippen molar-refractivity contribution in [3.05, 3.63) is 36.0 Å². The molecule has 0 amide bonds. The van der Waals surface area contributed by atoms with E-state index in [9.17, 15) is 5.11 Å². The van der Waals surface area contributed by atoms with E-state index in [4.69, 9.17) is 0 Å². The van der Waals surface area contributed by atoms with Crippen LogP contribution >= 0.6 is 0 Å². The molecule has 0 aliphatic heterocycles. The van der Waals surface area contributed by atoms with E-state index in [-0.39, 0.29) is 0 Å². The molecule has 1 rings (SSSR count). The predicted molar refractivity (Wildman–Crippen MR) is 61.1 cm³/mol. The Morgan fingerprint density at radius 3 is 2.50 bits per heavy atom. The zero-order valence-electron chi connectivity index (χ0n) is 9.43.